The van der Waals surface area contributed by atoms with Gasteiger partial charge in [-0.1, -0.05) is 12.1 Å². The molecule has 0 aliphatic rings. The molecule has 0 aromatic heterocycles. The first-order valence-electron chi connectivity index (χ1n) is 3.77. The molecule has 1 N–H and O–H groups in total. The van der Waals surface area contributed by atoms with Crippen LogP contribution in [0.3, 0.4) is 0 Å². The Morgan fingerprint density at radius 2 is 2.23 bits per heavy atom. The average molecular weight is 288 g/mol. The van der Waals surface area contributed by atoms with Crippen molar-refractivity contribution in [2.75, 3.05) is 0 Å². The largest absolute Gasteiger partial charge is 0.478 e. The van der Waals surface area contributed by atoms with Gasteiger partial charge in [0.15, 0.2) is 0 Å². The number of halogens is 1. The molecule has 0 aliphatic carbocycles. The second kappa shape index (κ2) is 4.41. The zero-order valence-corrected chi connectivity index (χ0v) is 9.28. The van der Waals surface area contributed by atoms with Gasteiger partial charge in [0.25, 0.3) is 0 Å². The minimum absolute atomic E-state index is 0.917. The zero-order chi connectivity index (χ0) is 9.84. The van der Waals surface area contributed by atoms with E-state index in [0.29, 0.717) is 0 Å². The molecule has 0 aliphatic heterocycles. The highest BCUT2D eigenvalue weighted by Crippen LogP contribution is 2.13. The van der Waals surface area contributed by atoms with Crippen molar-refractivity contribution < 1.29 is 9.90 Å². The third-order valence-corrected chi connectivity index (χ3v) is 2.81. The fourth-order valence-electron chi connectivity index (χ4n) is 0.939. The highest BCUT2D eigenvalue weighted by Gasteiger charge is 1.94. The summed E-state index contributed by atoms with van der Waals surface area (Å²) in [5, 5.41) is 8.41. The van der Waals surface area contributed by atoms with E-state index in [9.17, 15) is 4.79 Å². The van der Waals surface area contributed by atoms with Crippen molar-refractivity contribution in [1.29, 1.82) is 0 Å². The van der Waals surface area contributed by atoms with Crippen LogP contribution >= 0.6 is 22.6 Å². The van der Waals surface area contributed by atoms with E-state index in [2.05, 4.69) is 22.6 Å². The first kappa shape index (κ1) is 10.2. The van der Waals surface area contributed by atoms with E-state index in [4.69, 9.17) is 5.11 Å². The quantitative estimate of drug-likeness (QED) is 0.671. The Labute approximate surface area is 90.4 Å². The van der Waals surface area contributed by atoms with Crippen LogP contribution in [0.15, 0.2) is 24.3 Å². The lowest BCUT2D eigenvalue weighted by atomic mass is 10.1. The first-order valence-corrected chi connectivity index (χ1v) is 4.84. The fraction of sp³-hybridized carbons (Fsp3) is 0.100. The van der Waals surface area contributed by atoms with Crippen LogP contribution in [0.25, 0.3) is 6.08 Å². The zero-order valence-electron chi connectivity index (χ0n) is 7.12. The van der Waals surface area contributed by atoms with Crippen LogP contribution in [0.4, 0.5) is 0 Å². The van der Waals surface area contributed by atoms with Crippen LogP contribution < -0.4 is 0 Å². The highest BCUT2D eigenvalue weighted by atomic mass is 127. The lowest BCUT2D eigenvalue weighted by molar-refractivity contribution is -0.131. The van der Waals surface area contributed by atoms with Gasteiger partial charge in [-0.15, -0.1) is 0 Å². The smallest absolute Gasteiger partial charge is 0.328 e. The molecule has 0 saturated carbocycles. The standard InChI is InChI=1S/C10H9IO2/c1-7-6-8(2-4-9(7)11)3-5-10(12)13/h2-6H,1H3,(H,12,13)/b5-3+. The summed E-state index contributed by atoms with van der Waals surface area (Å²) in [6, 6.07) is 5.83. The number of aryl methyl sites for hydroxylation is 1. The van der Waals surface area contributed by atoms with E-state index in [-0.39, 0.29) is 0 Å². The maximum absolute atomic E-state index is 10.2. The summed E-state index contributed by atoms with van der Waals surface area (Å²) in [5.74, 6) is -0.920. The van der Waals surface area contributed by atoms with Gasteiger partial charge >= 0.3 is 5.97 Å². The van der Waals surface area contributed by atoms with Gasteiger partial charge in [-0.3, -0.25) is 0 Å². The van der Waals surface area contributed by atoms with Crippen LogP contribution in [0.5, 0.6) is 0 Å². The third-order valence-electron chi connectivity index (χ3n) is 1.60. The van der Waals surface area contributed by atoms with Crippen LogP contribution in [-0.2, 0) is 4.79 Å². The Morgan fingerprint density at radius 1 is 1.54 bits per heavy atom. The molecule has 0 spiro atoms. The Morgan fingerprint density at radius 3 is 2.77 bits per heavy atom. The maximum atomic E-state index is 10.2. The fourth-order valence-corrected chi connectivity index (χ4v) is 1.27. The molecule has 13 heavy (non-hydrogen) atoms. The molecule has 0 bridgehead atoms. The van der Waals surface area contributed by atoms with Crippen LogP contribution in [-0.4, -0.2) is 11.1 Å². The summed E-state index contributed by atoms with van der Waals surface area (Å²) < 4.78 is 1.19. The van der Waals surface area contributed by atoms with Gasteiger partial charge in [0.1, 0.15) is 0 Å². The number of carboxylic acid groups (broad SMARTS) is 1. The third kappa shape index (κ3) is 3.18. The molecule has 0 unspecified atom stereocenters. The predicted octanol–water partition coefficient (Wildman–Crippen LogP) is 2.70. The first-order chi connectivity index (χ1) is 6.09. The van der Waals surface area contributed by atoms with Gasteiger partial charge < -0.3 is 5.11 Å². The number of carbonyl (C=O) groups is 1. The lowest BCUT2D eigenvalue weighted by Gasteiger charge is -1.98. The number of aliphatic carboxylic acids is 1. The van der Waals surface area contributed by atoms with Gasteiger partial charge in [0.2, 0.25) is 0 Å². The molecular weight excluding hydrogens is 279 g/mol. The molecule has 2 nitrogen and oxygen atoms in total. The summed E-state index contributed by atoms with van der Waals surface area (Å²) in [6.45, 7) is 2.00. The van der Waals surface area contributed by atoms with Crippen molar-refractivity contribution in [3.63, 3.8) is 0 Å². The summed E-state index contributed by atoms with van der Waals surface area (Å²) in [7, 11) is 0. The SMILES string of the molecule is Cc1cc(/C=C/C(=O)O)ccc1I. The Bertz CT molecular complexity index is 356. The Balaban J connectivity index is 2.92. The molecule has 0 fully saturated rings. The van der Waals surface area contributed by atoms with Crippen LogP contribution in [0.1, 0.15) is 11.1 Å². The maximum Gasteiger partial charge on any atom is 0.328 e. The molecule has 1 aromatic rings. The van der Waals surface area contributed by atoms with Gasteiger partial charge in [-0.05, 0) is 52.8 Å². The molecule has 0 amide bonds. The summed E-state index contributed by atoms with van der Waals surface area (Å²) in [6.07, 6.45) is 2.73. The second-order valence-corrected chi connectivity index (χ2v) is 3.84. The Kier molecular flexibility index (Phi) is 3.48. The minimum atomic E-state index is -0.920. The number of carboxylic acids is 1. The summed E-state index contributed by atoms with van der Waals surface area (Å²) in [5.41, 5.74) is 2.08. The molecule has 0 atom stereocenters. The molecular formula is C10H9IO2. The van der Waals surface area contributed by atoms with E-state index >= 15 is 0 Å². The predicted molar refractivity (Wildman–Crippen MR) is 60.6 cm³/mol. The monoisotopic (exact) mass is 288 g/mol. The molecule has 0 saturated heterocycles. The molecule has 3 heteroatoms. The van der Waals surface area contributed by atoms with E-state index in [1.54, 1.807) is 6.08 Å². The van der Waals surface area contributed by atoms with Crippen LogP contribution in [0.2, 0.25) is 0 Å². The van der Waals surface area contributed by atoms with E-state index in [1.165, 1.54) is 3.57 Å². The summed E-state index contributed by atoms with van der Waals surface area (Å²) >= 11 is 2.24. The van der Waals surface area contributed by atoms with Gasteiger partial charge in [0.05, 0.1) is 0 Å². The molecule has 1 aromatic carbocycles. The van der Waals surface area contributed by atoms with E-state index < -0.39 is 5.97 Å². The van der Waals surface area contributed by atoms with Crippen LogP contribution in [0, 0.1) is 10.5 Å². The van der Waals surface area contributed by atoms with Crippen molar-refractivity contribution >= 4 is 34.6 Å². The van der Waals surface area contributed by atoms with E-state index in [0.717, 1.165) is 17.2 Å². The highest BCUT2D eigenvalue weighted by molar-refractivity contribution is 14.1. The number of benzene rings is 1. The van der Waals surface area contributed by atoms with Crippen molar-refractivity contribution in [1.82, 2.24) is 0 Å². The molecule has 0 radical (unpaired) electrons. The van der Waals surface area contributed by atoms with E-state index in [1.807, 2.05) is 25.1 Å². The Hall–Kier alpha value is -0.840. The molecule has 1 rings (SSSR count). The van der Waals surface area contributed by atoms with Gasteiger partial charge in [-0.25, -0.2) is 4.79 Å². The lowest BCUT2D eigenvalue weighted by Crippen LogP contribution is -1.86. The van der Waals surface area contributed by atoms with Crippen molar-refractivity contribution in [2.45, 2.75) is 6.92 Å². The molecule has 68 valence electrons. The van der Waals surface area contributed by atoms with Gasteiger partial charge in [-0.2, -0.15) is 0 Å². The van der Waals surface area contributed by atoms with Crippen molar-refractivity contribution in [2.24, 2.45) is 0 Å². The summed E-state index contributed by atoms with van der Waals surface area (Å²) in [4.78, 5) is 10.2. The number of rotatable bonds is 2. The molecule has 0 heterocycles. The minimum Gasteiger partial charge on any atom is -0.478 e. The second-order valence-electron chi connectivity index (χ2n) is 2.68. The average Bonchev–Trinajstić information content (AvgIpc) is 2.07. The topological polar surface area (TPSA) is 37.3 Å². The number of hydrogen-bond acceptors (Lipinski definition) is 1. The van der Waals surface area contributed by atoms with Gasteiger partial charge in [0, 0.05) is 9.65 Å². The number of hydrogen-bond donors (Lipinski definition) is 1. The van der Waals surface area contributed by atoms with Crippen molar-refractivity contribution in [3.05, 3.63) is 39.0 Å². The normalized spacial score (nSPS) is 10.6. The van der Waals surface area contributed by atoms with Crippen molar-refractivity contribution in [3.8, 4) is 0 Å².